The molecule has 12 nitrogen and oxygen atoms in total. The lowest BCUT2D eigenvalue weighted by atomic mass is 10.2. The molecule has 182 valence electrons. The number of pyridine rings is 1. The van der Waals surface area contributed by atoms with Crippen LogP contribution in [0.25, 0.3) is 11.5 Å². The van der Waals surface area contributed by atoms with Gasteiger partial charge in [-0.3, -0.25) is 9.29 Å². The zero-order valence-electron chi connectivity index (χ0n) is 19.3. The van der Waals surface area contributed by atoms with Crippen molar-refractivity contribution in [1.82, 2.24) is 29.7 Å². The normalized spacial score (nSPS) is 17.3. The minimum absolute atomic E-state index is 0.0591. The number of nitrogens with zero attached hydrogens (tertiary/aromatic N) is 6. The van der Waals surface area contributed by atoms with Gasteiger partial charge in [-0.2, -0.15) is 0 Å². The second kappa shape index (κ2) is 9.60. The van der Waals surface area contributed by atoms with Crippen molar-refractivity contribution in [2.24, 2.45) is 0 Å². The molecule has 0 spiro atoms. The van der Waals surface area contributed by atoms with E-state index in [0.717, 1.165) is 5.56 Å². The van der Waals surface area contributed by atoms with E-state index in [-0.39, 0.29) is 36.9 Å². The third-order valence-electron chi connectivity index (χ3n) is 5.31. The van der Waals surface area contributed by atoms with Crippen LogP contribution in [0, 0.1) is 6.92 Å². The molecule has 0 aromatic carbocycles. The van der Waals surface area contributed by atoms with Gasteiger partial charge in [-0.25, -0.2) is 23.4 Å². The number of aliphatic hydroxyl groups excluding tert-OH is 1. The number of hydrogen-bond donors (Lipinski definition) is 2. The number of aryl methyl sites for hydroxylation is 1. The molecule has 3 aromatic heterocycles. The lowest BCUT2D eigenvalue weighted by Gasteiger charge is -2.26. The lowest BCUT2D eigenvalue weighted by molar-refractivity contribution is 0.00152. The summed E-state index contributed by atoms with van der Waals surface area (Å²) >= 11 is 0. The molecule has 3 atom stereocenters. The molecular weight excluding hydrogens is 462 g/mol. The number of rotatable bonds is 8. The summed E-state index contributed by atoms with van der Waals surface area (Å²) in [4.78, 5) is 12.9. The predicted octanol–water partition coefficient (Wildman–Crippen LogP) is 1.66. The molecule has 13 heteroatoms. The number of anilines is 1. The second-order valence-corrected chi connectivity index (χ2v) is 10.3. The van der Waals surface area contributed by atoms with E-state index in [1.54, 1.807) is 30.7 Å². The maximum atomic E-state index is 13.4. The van der Waals surface area contributed by atoms with Gasteiger partial charge < -0.3 is 14.6 Å². The Balaban J connectivity index is 1.69. The van der Waals surface area contributed by atoms with E-state index in [1.807, 2.05) is 20.8 Å². The van der Waals surface area contributed by atoms with Crippen molar-refractivity contribution in [1.29, 1.82) is 0 Å². The van der Waals surface area contributed by atoms with E-state index in [9.17, 15) is 13.5 Å². The van der Waals surface area contributed by atoms with Crippen LogP contribution in [0.2, 0.25) is 0 Å². The molecule has 0 bridgehead atoms. The SMILES string of the molecule is Cc1cnc(C(OC(C)C)C(C)S(=O)(=O)Nc2nnc3n2[C@@H](CO)COc2cccnc2-3)nc1. The molecular formula is C21H27N7O5S. The first kappa shape index (κ1) is 24.0. The Hall–Kier alpha value is -3.16. The van der Waals surface area contributed by atoms with E-state index in [0.29, 0.717) is 11.4 Å². The fourth-order valence-electron chi connectivity index (χ4n) is 3.55. The minimum atomic E-state index is -4.06. The molecule has 0 radical (unpaired) electrons. The van der Waals surface area contributed by atoms with Gasteiger partial charge in [-0.1, -0.05) is 0 Å². The van der Waals surface area contributed by atoms with Crippen LogP contribution in [0.1, 0.15) is 44.3 Å². The summed E-state index contributed by atoms with van der Waals surface area (Å²) in [5.41, 5.74) is 1.25. The highest BCUT2D eigenvalue weighted by atomic mass is 32.2. The smallest absolute Gasteiger partial charge is 0.240 e. The first-order valence-corrected chi connectivity index (χ1v) is 12.4. The molecule has 3 aromatic rings. The van der Waals surface area contributed by atoms with Crippen molar-refractivity contribution in [2.75, 3.05) is 17.9 Å². The standard InChI is InChI=1S/C21H27N7O5S/c1-12(2)33-18(19-23-8-13(3)9-24-19)14(4)34(30,31)27-21-26-25-20-17-16(6-5-7-22-17)32-11-15(10-29)28(20)21/h5-9,12,14-15,18,29H,10-11H2,1-4H3,(H,26,27)/t14?,15-,18?/m0/s1. The number of sulfonamides is 1. The number of aromatic nitrogens is 6. The highest BCUT2D eigenvalue weighted by Crippen LogP contribution is 2.35. The van der Waals surface area contributed by atoms with Crippen LogP contribution in [0.3, 0.4) is 0 Å². The lowest BCUT2D eigenvalue weighted by Crippen LogP contribution is -2.35. The van der Waals surface area contributed by atoms with Gasteiger partial charge in [0.25, 0.3) is 0 Å². The topological polar surface area (TPSA) is 154 Å². The quantitative estimate of drug-likeness (QED) is 0.477. The average Bonchev–Trinajstić information content (AvgIpc) is 3.12. The highest BCUT2D eigenvalue weighted by Gasteiger charge is 2.37. The Morgan fingerprint density at radius 1 is 1.24 bits per heavy atom. The van der Waals surface area contributed by atoms with E-state index in [1.165, 1.54) is 11.5 Å². The van der Waals surface area contributed by atoms with Gasteiger partial charge >= 0.3 is 0 Å². The molecule has 2 N–H and O–H groups in total. The summed E-state index contributed by atoms with van der Waals surface area (Å²) in [6.45, 7) is 6.74. The fraction of sp³-hybridized carbons (Fsp3) is 0.476. The molecule has 4 heterocycles. The molecule has 4 rings (SSSR count). The van der Waals surface area contributed by atoms with Crippen LogP contribution >= 0.6 is 0 Å². The van der Waals surface area contributed by atoms with Crippen LogP contribution in [-0.2, 0) is 14.8 Å². The third kappa shape index (κ3) is 4.72. The van der Waals surface area contributed by atoms with Crippen molar-refractivity contribution < 1.29 is 23.0 Å². The first-order valence-electron chi connectivity index (χ1n) is 10.8. The Morgan fingerprint density at radius 3 is 2.65 bits per heavy atom. The summed E-state index contributed by atoms with van der Waals surface area (Å²) < 4.78 is 42.5. The van der Waals surface area contributed by atoms with Crippen LogP contribution in [0.4, 0.5) is 5.95 Å². The van der Waals surface area contributed by atoms with Crippen molar-refractivity contribution >= 4 is 16.0 Å². The molecule has 0 fully saturated rings. The second-order valence-electron chi connectivity index (χ2n) is 8.29. The van der Waals surface area contributed by atoms with E-state index < -0.39 is 27.4 Å². The average molecular weight is 490 g/mol. The summed E-state index contributed by atoms with van der Waals surface area (Å²) in [6, 6.07) is 2.81. The zero-order valence-corrected chi connectivity index (χ0v) is 20.1. The van der Waals surface area contributed by atoms with Crippen molar-refractivity contribution in [2.45, 2.75) is 51.2 Å². The maximum Gasteiger partial charge on any atom is 0.240 e. The summed E-state index contributed by atoms with van der Waals surface area (Å²) in [5.74, 6) is 0.958. The number of ether oxygens (including phenoxy) is 2. The van der Waals surface area contributed by atoms with Crippen LogP contribution in [-0.4, -0.2) is 67.8 Å². The van der Waals surface area contributed by atoms with E-state index in [4.69, 9.17) is 9.47 Å². The number of hydrogen-bond acceptors (Lipinski definition) is 10. The van der Waals surface area contributed by atoms with Crippen LogP contribution in [0.15, 0.2) is 30.7 Å². The Labute approximate surface area is 197 Å². The molecule has 1 aliphatic heterocycles. The Morgan fingerprint density at radius 2 is 1.97 bits per heavy atom. The zero-order chi connectivity index (χ0) is 24.5. The number of nitrogens with one attached hydrogen (secondary N) is 1. The van der Waals surface area contributed by atoms with Crippen molar-refractivity contribution in [3.63, 3.8) is 0 Å². The van der Waals surface area contributed by atoms with Gasteiger partial charge in [-0.15, -0.1) is 10.2 Å². The molecule has 0 saturated carbocycles. The minimum Gasteiger partial charge on any atom is -0.489 e. The molecule has 1 aliphatic rings. The fourth-order valence-corrected chi connectivity index (χ4v) is 4.64. The first-order chi connectivity index (χ1) is 16.2. The van der Waals surface area contributed by atoms with Gasteiger partial charge in [0.1, 0.15) is 29.4 Å². The highest BCUT2D eigenvalue weighted by molar-refractivity contribution is 7.93. The van der Waals surface area contributed by atoms with E-state index >= 15 is 0 Å². The summed E-state index contributed by atoms with van der Waals surface area (Å²) in [6.07, 6.45) is 3.60. The monoisotopic (exact) mass is 489 g/mol. The van der Waals surface area contributed by atoms with Crippen molar-refractivity contribution in [3.8, 4) is 17.3 Å². The van der Waals surface area contributed by atoms with Crippen molar-refractivity contribution in [3.05, 3.63) is 42.1 Å². The molecule has 34 heavy (non-hydrogen) atoms. The van der Waals surface area contributed by atoms with Gasteiger partial charge in [-0.05, 0) is 45.4 Å². The van der Waals surface area contributed by atoms with Gasteiger partial charge in [0.2, 0.25) is 16.0 Å². The summed E-state index contributed by atoms with van der Waals surface area (Å²) in [7, 11) is -4.06. The third-order valence-corrected chi connectivity index (χ3v) is 7.00. The molecule has 2 unspecified atom stereocenters. The molecule has 0 saturated heterocycles. The van der Waals surface area contributed by atoms with Crippen LogP contribution < -0.4 is 9.46 Å². The summed E-state index contributed by atoms with van der Waals surface area (Å²) in [5, 5.41) is 17.1. The van der Waals surface area contributed by atoms with Gasteiger partial charge in [0.05, 0.1) is 18.8 Å². The maximum absolute atomic E-state index is 13.4. The Kier molecular flexibility index (Phi) is 6.77. The molecule has 0 amide bonds. The number of fused-ring (bicyclic) bond motifs is 3. The largest absolute Gasteiger partial charge is 0.489 e. The predicted molar refractivity (Wildman–Crippen MR) is 123 cm³/mol. The van der Waals surface area contributed by atoms with E-state index in [2.05, 4.69) is 29.9 Å². The Bertz CT molecular complexity index is 1250. The molecule has 0 aliphatic carbocycles. The van der Waals surface area contributed by atoms with Crippen LogP contribution in [0.5, 0.6) is 5.75 Å². The van der Waals surface area contributed by atoms with Gasteiger partial charge in [0, 0.05) is 18.6 Å². The van der Waals surface area contributed by atoms with Gasteiger partial charge in [0.15, 0.2) is 11.6 Å². The number of aliphatic hydroxyl groups is 1.